The summed E-state index contributed by atoms with van der Waals surface area (Å²) in [6, 6.07) is 7.83. The summed E-state index contributed by atoms with van der Waals surface area (Å²) in [6.07, 6.45) is -0.271. The zero-order valence-electron chi connectivity index (χ0n) is 16.6. The molecule has 0 amide bonds. The smallest absolute Gasteiger partial charge is 0.231 e. The van der Waals surface area contributed by atoms with Gasteiger partial charge in [-0.15, -0.1) is 0 Å². The molecule has 2 aromatic carbocycles. The van der Waals surface area contributed by atoms with Crippen molar-refractivity contribution in [3.8, 4) is 28.7 Å². The van der Waals surface area contributed by atoms with E-state index in [0.29, 0.717) is 35.4 Å². The van der Waals surface area contributed by atoms with Crippen LogP contribution in [0.5, 0.6) is 28.7 Å². The number of methoxy groups -OCH3 is 3. The summed E-state index contributed by atoms with van der Waals surface area (Å²) in [5.74, 6) is 2.76. The van der Waals surface area contributed by atoms with Crippen LogP contribution in [0, 0.1) is 11.8 Å². The predicted octanol–water partition coefficient (Wildman–Crippen LogP) is 3.86. The quantitative estimate of drug-likeness (QED) is 0.757. The fourth-order valence-electron chi connectivity index (χ4n) is 4.97. The van der Waals surface area contributed by atoms with E-state index in [1.165, 1.54) is 0 Å². The summed E-state index contributed by atoms with van der Waals surface area (Å²) in [5, 5.41) is 0. The summed E-state index contributed by atoms with van der Waals surface area (Å²) < 4.78 is 47.9. The summed E-state index contributed by atoms with van der Waals surface area (Å²) in [5.41, 5.74) is 3.00. The van der Waals surface area contributed by atoms with Gasteiger partial charge in [0.1, 0.15) is 0 Å². The molecule has 2 aromatic rings. The standard InChI is InChI=1S/C22H23FO6/c1-24-18-4-11(5-19(25-2)22(18)26-3)20-12-6-16-17(29-10-28-16)7-13(12)21-14(8-23)15(20)9-27-21/h4-7,14-15,20-21H,8-10H2,1-3H3/t14-,15-,20+,21-/m0/s1. The molecule has 29 heavy (non-hydrogen) atoms. The van der Waals surface area contributed by atoms with E-state index in [1.54, 1.807) is 21.3 Å². The Balaban J connectivity index is 1.71. The molecule has 154 valence electrons. The number of halogens is 1. The maximum Gasteiger partial charge on any atom is 0.231 e. The molecule has 0 radical (unpaired) electrons. The minimum Gasteiger partial charge on any atom is -0.493 e. The second-order valence-corrected chi connectivity index (χ2v) is 7.51. The van der Waals surface area contributed by atoms with Crippen LogP contribution in [0.25, 0.3) is 0 Å². The van der Waals surface area contributed by atoms with Crippen molar-refractivity contribution in [3.63, 3.8) is 0 Å². The monoisotopic (exact) mass is 402 g/mol. The Bertz CT molecular complexity index is 920. The summed E-state index contributed by atoms with van der Waals surface area (Å²) in [6.45, 7) is 0.236. The van der Waals surface area contributed by atoms with E-state index in [9.17, 15) is 4.39 Å². The van der Waals surface area contributed by atoms with Gasteiger partial charge in [-0.25, -0.2) is 0 Å². The van der Waals surface area contributed by atoms with Crippen molar-refractivity contribution in [3.05, 3.63) is 41.0 Å². The third kappa shape index (κ3) is 2.64. The van der Waals surface area contributed by atoms with Crippen molar-refractivity contribution in [1.29, 1.82) is 0 Å². The molecule has 1 fully saturated rings. The number of hydrogen-bond donors (Lipinski definition) is 0. The van der Waals surface area contributed by atoms with Gasteiger partial charge in [-0.05, 0) is 41.0 Å². The Morgan fingerprint density at radius 3 is 2.17 bits per heavy atom. The minimum atomic E-state index is -0.440. The number of rotatable bonds is 5. The fourth-order valence-corrected chi connectivity index (χ4v) is 4.97. The van der Waals surface area contributed by atoms with Crippen molar-refractivity contribution < 1.29 is 32.8 Å². The highest BCUT2D eigenvalue weighted by Crippen LogP contribution is 2.57. The van der Waals surface area contributed by atoms with E-state index in [4.69, 9.17) is 28.4 Å². The van der Waals surface area contributed by atoms with Crippen LogP contribution in [0.1, 0.15) is 28.7 Å². The highest BCUT2D eigenvalue weighted by molar-refractivity contribution is 5.59. The van der Waals surface area contributed by atoms with Crippen LogP contribution in [0.3, 0.4) is 0 Å². The lowest BCUT2D eigenvalue weighted by Gasteiger charge is -2.36. The molecule has 2 aliphatic heterocycles. The molecular weight excluding hydrogens is 379 g/mol. The van der Waals surface area contributed by atoms with Crippen molar-refractivity contribution >= 4 is 0 Å². The van der Waals surface area contributed by atoms with E-state index in [0.717, 1.165) is 16.7 Å². The van der Waals surface area contributed by atoms with Gasteiger partial charge >= 0.3 is 0 Å². The zero-order chi connectivity index (χ0) is 20.1. The van der Waals surface area contributed by atoms with E-state index >= 15 is 0 Å². The number of alkyl halides is 1. The third-order valence-corrected chi connectivity index (χ3v) is 6.28. The molecule has 0 saturated carbocycles. The van der Waals surface area contributed by atoms with Gasteiger partial charge in [0.05, 0.1) is 40.7 Å². The molecule has 1 aliphatic carbocycles. The summed E-state index contributed by atoms with van der Waals surface area (Å²) >= 11 is 0. The first-order valence-electron chi connectivity index (χ1n) is 9.61. The van der Waals surface area contributed by atoms with Crippen molar-refractivity contribution in [2.24, 2.45) is 11.8 Å². The van der Waals surface area contributed by atoms with E-state index in [2.05, 4.69) is 0 Å². The van der Waals surface area contributed by atoms with Crippen LogP contribution < -0.4 is 23.7 Å². The Morgan fingerprint density at radius 2 is 1.59 bits per heavy atom. The second-order valence-electron chi connectivity index (χ2n) is 7.51. The van der Waals surface area contributed by atoms with Gasteiger partial charge in [-0.3, -0.25) is 4.39 Å². The van der Waals surface area contributed by atoms with Crippen molar-refractivity contribution in [1.82, 2.24) is 0 Å². The minimum absolute atomic E-state index is 0.000628. The van der Waals surface area contributed by atoms with Crippen LogP contribution in [-0.2, 0) is 4.74 Å². The lowest BCUT2D eigenvalue weighted by Crippen LogP contribution is -2.30. The molecule has 0 N–H and O–H groups in total. The molecule has 5 rings (SSSR count). The van der Waals surface area contributed by atoms with Crippen LogP contribution in [0.4, 0.5) is 4.39 Å². The largest absolute Gasteiger partial charge is 0.493 e. The SMILES string of the molecule is COc1cc([C@@H]2c3cc4c(cc3[C@@H]3OC[C@H]2[C@@H]3CF)OCO4)cc(OC)c1OC. The highest BCUT2D eigenvalue weighted by atomic mass is 19.1. The average molecular weight is 402 g/mol. The lowest BCUT2D eigenvalue weighted by atomic mass is 9.67. The molecule has 3 aliphatic rings. The van der Waals surface area contributed by atoms with Crippen molar-refractivity contribution in [2.75, 3.05) is 41.4 Å². The average Bonchev–Trinajstić information content (AvgIpc) is 3.35. The fraction of sp³-hybridized carbons (Fsp3) is 0.455. The Morgan fingerprint density at radius 1 is 0.931 bits per heavy atom. The molecule has 0 aromatic heterocycles. The molecular formula is C22H23FO6. The van der Waals surface area contributed by atoms with Crippen LogP contribution in [-0.4, -0.2) is 41.4 Å². The number of benzene rings is 2. The predicted molar refractivity (Wildman–Crippen MR) is 102 cm³/mol. The molecule has 2 bridgehead atoms. The molecule has 0 unspecified atom stereocenters. The zero-order valence-corrected chi connectivity index (χ0v) is 16.6. The topological polar surface area (TPSA) is 55.4 Å². The molecule has 2 heterocycles. The maximum atomic E-state index is 14.1. The van der Waals surface area contributed by atoms with Crippen LogP contribution in [0.15, 0.2) is 24.3 Å². The Labute approximate surface area is 168 Å². The normalized spacial score (nSPS) is 26.2. The Kier molecular flexibility index (Phi) is 4.42. The number of hydrogen-bond acceptors (Lipinski definition) is 6. The Hall–Kier alpha value is -2.67. The van der Waals surface area contributed by atoms with Crippen molar-refractivity contribution in [2.45, 2.75) is 12.0 Å². The molecule has 7 heteroatoms. The molecule has 4 atom stereocenters. The van der Waals surface area contributed by atoms with Crippen LogP contribution in [0.2, 0.25) is 0 Å². The van der Waals surface area contributed by atoms with Gasteiger partial charge < -0.3 is 28.4 Å². The number of ether oxygens (including phenoxy) is 6. The van der Waals surface area contributed by atoms with Gasteiger partial charge in [0, 0.05) is 17.8 Å². The van der Waals surface area contributed by atoms with E-state index < -0.39 is 6.67 Å². The summed E-state index contributed by atoms with van der Waals surface area (Å²) in [4.78, 5) is 0. The summed E-state index contributed by atoms with van der Waals surface area (Å²) in [7, 11) is 4.76. The van der Waals surface area contributed by atoms with E-state index in [-0.39, 0.29) is 30.7 Å². The lowest BCUT2D eigenvalue weighted by molar-refractivity contribution is 0.0834. The molecule has 6 nitrogen and oxygen atoms in total. The first-order chi connectivity index (χ1) is 14.2. The first-order valence-corrected chi connectivity index (χ1v) is 9.61. The van der Waals surface area contributed by atoms with Gasteiger partial charge in [-0.2, -0.15) is 0 Å². The maximum absolute atomic E-state index is 14.1. The molecule has 0 spiro atoms. The van der Waals surface area contributed by atoms with Gasteiger partial charge in [0.15, 0.2) is 23.0 Å². The highest BCUT2D eigenvalue weighted by Gasteiger charge is 2.50. The molecule has 1 saturated heterocycles. The van der Waals surface area contributed by atoms with Gasteiger partial charge in [-0.1, -0.05) is 0 Å². The van der Waals surface area contributed by atoms with Gasteiger partial charge in [0.25, 0.3) is 0 Å². The second kappa shape index (κ2) is 6.99. The van der Waals surface area contributed by atoms with Crippen LogP contribution >= 0.6 is 0 Å². The third-order valence-electron chi connectivity index (χ3n) is 6.28. The first kappa shape index (κ1) is 18.4. The number of fused-ring (bicyclic) bond motifs is 5. The van der Waals surface area contributed by atoms with Gasteiger partial charge in [0.2, 0.25) is 12.5 Å². The van der Waals surface area contributed by atoms with E-state index in [1.807, 2.05) is 24.3 Å².